The second-order valence-corrected chi connectivity index (χ2v) is 6.23. The van der Waals surface area contributed by atoms with Crippen molar-refractivity contribution in [3.05, 3.63) is 91.3 Å². The highest BCUT2D eigenvalue weighted by atomic mass is 16.4. The fourth-order valence-electron chi connectivity index (χ4n) is 2.96. The zero-order valence-corrected chi connectivity index (χ0v) is 14.5. The van der Waals surface area contributed by atoms with Gasteiger partial charge >= 0.3 is 7.12 Å². The SMILES string of the molecule is OB(O)c1ccc(-c2cc(-c3ccccc3)nc(-c3cccnc3)c2)cc1. The average Bonchev–Trinajstić information content (AvgIpc) is 2.75. The smallest absolute Gasteiger partial charge is 0.423 e. The van der Waals surface area contributed by atoms with Gasteiger partial charge in [-0.2, -0.15) is 0 Å². The quantitative estimate of drug-likeness (QED) is 0.554. The molecule has 0 aliphatic carbocycles. The lowest BCUT2D eigenvalue weighted by atomic mass is 9.80. The summed E-state index contributed by atoms with van der Waals surface area (Å²) in [5, 5.41) is 18.6. The van der Waals surface area contributed by atoms with Crippen LogP contribution in [0.5, 0.6) is 0 Å². The van der Waals surface area contributed by atoms with Gasteiger partial charge in [0, 0.05) is 23.5 Å². The molecule has 2 aromatic heterocycles. The van der Waals surface area contributed by atoms with E-state index >= 15 is 0 Å². The van der Waals surface area contributed by atoms with Crippen molar-refractivity contribution in [2.45, 2.75) is 0 Å². The monoisotopic (exact) mass is 352 g/mol. The number of rotatable bonds is 4. The summed E-state index contributed by atoms with van der Waals surface area (Å²) in [5.41, 5.74) is 6.13. The first kappa shape index (κ1) is 17.2. The van der Waals surface area contributed by atoms with Crippen LogP contribution in [-0.4, -0.2) is 27.1 Å². The van der Waals surface area contributed by atoms with Crippen molar-refractivity contribution < 1.29 is 10.0 Å². The third kappa shape index (κ3) is 3.79. The van der Waals surface area contributed by atoms with E-state index in [0.29, 0.717) is 5.46 Å². The largest absolute Gasteiger partial charge is 0.488 e. The van der Waals surface area contributed by atoms with Crippen LogP contribution < -0.4 is 5.46 Å². The highest BCUT2D eigenvalue weighted by molar-refractivity contribution is 6.58. The number of benzene rings is 2. The van der Waals surface area contributed by atoms with Gasteiger partial charge in [-0.05, 0) is 40.9 Å². The fraction of sp³-hybridized carbons (Fsp3) is 0. The molecule has 0 bridgehead atoms. The number of pyridine rings is 2. The summed E-state index contributed by atoms with van der Waals surface area (Å²) in [6, 6.07) is 25.2. The molecule has 0 saturated carbocycles. The minimum Gasteiger partial charge on any atom is -0.423 e. The molecule has 4 rings (SSSR count). The Morgan fingerprint density at radius 1 is 0.630 bits per heavy atom. The number of aromatic nitrogens is 2. The molecule has 2 aromatic carbocycles. The molecule has 0 atom stereocenters. The molecule has 2 heterocycles. The lowest BCUT2D eigenvalue weighted by Gasteiger charge is -2.10. The molecule has 0 fully saturated rings. The first-order valence-corrected chi connectivity index (χ1v) is 8.65. The molecule has 27 heavy (non-hydrogen) atoms. The van der Waals surface area contributed by atoms with E-state index in [4.69, 9.17) is 4.98 Å². The second kappa shape index (κ2) is 7.54. The Morgan fingerprint density at radius 2 is 1.30 bits per heavy atom. The molecule has 0 amide bonds. The van der Waals surface area contributed by atoms with Crippen molar-refractivity contribution in [3.8, 4) is 33.6 Å². The van der Waals surface area contributed by atoms with E-state index < -0.39 is 7.12 Å². The van der Waals surface area contributed by atoms with Crippen molar-refractivity contribution in [3.63, 3.8) is 0 Å². The first-order chi connectivity index (χ1) is 13.2. The third-order valence-corrected chi connectivity index (χ3v) is 4.39. The van der Waals surface area contributed by atoms with Crippen LogP contribution in [0.25, 0.3) is 33.6 Å². The lowest BCUT2D eigenvalue weighted by molar-refractivity contribution is 0.426. The number of hydrogen-bond acceptors (Lipinski definition) is 4. The molecule has 2 N–H and O–H groups in total. The van der Waals surface area contributed by atoms with E-state index in [1.807, 2.05) is 66.7 Å². The van der Waals surface area contributed by atoms with Gasteiger partial charge in [0.25, 0.3) is 0 Å². The van der Waals surface area contributed by atoms with E-state index in [9.17, 15) is 10.0 Å². The van der Waals surface area contributed by atoms with E-state index in [2.05, 4.69) is 4.98 Å². The average molecular weight is 352 g/mol. The summed E-state index contributed by atoms with van der Waals surface area (Å²) in [6.07, 6.45) is 3.54. The van der Waals surface area contributed by atoms with Crippen molar-refractivity contribution in [1.82, 2.24) is 9.97 Å². The summed E-state index contributed by atoms with van der Waals surface area (Å²) < 4.78 is 0. The van der Waals surface area contributed by atoms with E-state index in [1.54, 1.807) is 24.5 Å². The molecule has 4 nitrogen and oxygen atoms in total. The van der Waals surface area contributed by atoms with Gasteiger partial charge in [-0.3, -0.25) is 4.98 Å². The standard InChI is InChI=1S/C22H17BN2O2/c26-23(27)20-10-8-16(9-11-20)19-13-21(17-5-2-1-3-6-17)25-22(14-19)18-7-4-12-24-15-18/h1-15,26-27H. The minimum atomic E-state index is -1.47. The second-order valence-electron chi connectivity index (χ2n) is 6.23. The van der Waals surface area contributed by atoms with Gasteiger partial charge in [0.05, 0.1) is 11.4 Å². The van der Waals surface area contributed by atoms with Crippen LogP contribution in [0.2, 0.25) is 0 Å². The molecular formula is C22H17BN2O2. The van der Waals surface area contributed by atoms with Gasteiger partial charge in [0.1, 0.15) is 0 Å². The Bertz CT molecular complexity index is 979. The normalized spacial score (nSPS) is 10.6. The zero-order valence-electron chi connectivity index (χ0n) is 14.5. The third-order valence-electron chi connectivity index (χ3n) is 4.39. The van der Waals surface area contributed by atoms with Crippen LogP contribution in [0.4, 0.5) is 0 Å². The van der Waals surface area contributed by atoms with Crippen LogP contribution in [0.1, 0.15) is 0 Å². The van der Waals surface area contributed by atoms with Gasteiger partial charge in [0.2, 0.25) is 0 Å². The summed E-state index contributed by atoms with van der Waals surface area (Å²) in [5.74, 6) is 0. The van der Waals surface area contributed by atoms with E-state index in [-0.39, 0.29) is 0 Å². The first-order valence-electron chi connectivity index (χ1n) is 8.65. The van der Waals surface area contributed by atoms with Gasteiger partial charge < -0.3 is 10.0 Å². The van der Waals surface area contributed by atoms with Crippen molar-refractivity contribution in [1.29, 1.82) is 0 Å². The van der Waals surface area contributed by atoms with Crippen LogP contribution in [0.15, 0.2) is 91.3 Å². The Labute approximate surface area is 158 Å². The Hall–Kier alpha value is -3.28. The van der Waals surface area contributed by atoms with Crippen LogP contribution in [-0.2, 0) is 0 Å². The van der Waals surface area contributed by atoms with Gasteiger partial charge in [-0.25, -0.2) is 4.98 Å². The maximum Gasteiger partial charge on any atom is 0.488 e. The lowest BCUT2D eigenvalue weighted by Crippen LogP contribution is -2.29. The highest BCUT2D eigenvalue weighted by Gasteiger charge is 2.12. The predicted molar refractivity (Wildman–Crippen MR) is 108 cm³/mol. The molecule has 5 heteroatoms. The number of nitrogens with zero attached hydrogens (tertiary/aromatic N) is 2. The summed E-state index contributed by atoms with van der Waals surface area (Å²) in [6.45, 7) is 0. The van der Waals surface area contributed by atoms with Gasteiger partial charge in [0.15, 0.2) is 0 Å². The van der Waals surface area contributed by atoms with Crippen LogP contribution in [0, 0.1) is 0 Å². The molecule has 0 spiro atoms. The minimum absolute atomic E-state index is 0.462. The molecule has 0 aliphatic heterocycles. The van der Waals surface area contributed by atoms with Crippen molar-refractivity contribution in [2.75, 3.05) is 0 Å². The van der Waals surface area contributed by atoms with E-state index in [0.717, 1.165) is 33.6 Å². The Balaban J connectivity index is 1.85. The topological polar surface area (TPSA) is 66.2 Å². The summed E-state index contributed by atoms with van der Waals surface area (Å²) >= 11 is 0. The molecule has 130 valence electrons. The van der Waals surface area contributed by atoms with Crippen LogP contribution in [0.3, 0.4) is 0 Å². The molecule has 0 saturated heterocycles. The Kier molecular flexibility index (Phi) is 4.79. The van der Waals surface area contributed by atoms with Gasteiger partial charge in [-0.15, -0.1) is 0 Å². The van der Waals surface area contributed by atoms with Crippen molar-refractivity contribution in [2.24, 2.45) is 0 Å². The molecule has 0 radical (unpaired) electrons. The molecular weight excluding hydrogens is 335 g/mol. The number of hydrogen-bond donors (Lipinski definition) is 2. The molecule has 0 aliphatic rings. The fourth-order valence-corrected chi connectivity index (χ4v) is 2.96. The molecule has 4 aromatic rings. The van der Waals surface area contributed by atoms with Crippen molar-refractivity contribution >= 4 is 12.6 Å². The Morgan fingerprint density at radius 3 is 1.93 bits per heavy atom. The van der Waals surface area contributed by atoms with Gasteiger partial charge in [-0.1, -0.05) is 54.6 Å². The van der Waals surface area contributed by atoms with Crippen LogP contribution >= 0.6 is 0 Å². The zero-order chi connectivity index (χ0) is 18.6. The maximum absolute atomic E-state index is 9.31. The maximum atomic E-state index is 9.31. The summed E-state index contributed by atoms with van der Waals surface area (Å²) in [7, 11) is -1.47. The predicted octanol–water partition coefficient (Wildman–Crippen LogP) is 3.16. The summed E-state index contributed by atoms with van der Waals surface area (Å²) in [4.78, 5) is 9.03. The highest BCUT2D eigenvalue weighted by Crippen LogP contribution is 2.29. The van der Waals surface area contributed by atoms with E-state index in [1.165, 1.54) is 0 Å². The molecule has 0 unspecified atom stereocenters.